The molecule has 0 saturated carbocycles. The van der Waals surface area contributed by atoms with Gasteiger partial charge in [0, 0.05) is 6.54 Å². The molecule has 0 spiro atoms. The fourth-order valence-corrected chi connectivity index (χ4v) is 3.79. The topological polar surface area (TPSA) is 86.7 Å². The number of ether oxygens (including phenoxy) is 1. The highest BCUT2D eigenvalue weighted by Gasteiger charge is 2.35. The molecule has 0 aliphatic carbocycles. The Bertz CT molecular complexity index is 566. The van der Waals surface area contributed by atoms with E-state index in [0.29, 0.717) is 12.2 Å². The summed E-state index contributed by atoms with van der Waals surface area (Å²) in [5, 5.41) is 11.0. The van der Waals surface area contributed by atoms with Crippen LogP contribution in [0.5, 0.6) is 5.75 Å². The Morgan fingerprint density at radius 1 is 1.37 bits per heavy atom. The van der Waals surface area contributed by atoms with Gasteiger partial charge in [-0.15, -0.1) is 0 Å². The maximum Gasteiger partial charge on any atom is 0.243 e. The van der Waals surface area contributed by atoms with Gasteiger partial charge in [0.15, 0.2) is 0 Å². The van der Waals surface area contributed by atoms with E-state index < -0.39 is 22.0 Å². The summed E-state index contributed by atoms with van der Waals surface area (Å²) in [4.78, 5) is 11.0. The van der Waals surface area contributed by atoms with Crippen LogP contribution in [0.3, 0.4) is 0 Å². The van der Waals surface area contributed by atoms with Gasteiger partial charge in [-0.3, -0.25) is 0 Å². The SMILES string of the molecule is COc1ccc(S(=O)(=O)N2CCC[C@@H]2C(=O)[O-])cc1. The van der Waals surface area contributed by atoms with E-state index >= 15 is 0 Å². The van der Waals surface area contributed by atoms with Gasteiger partial charge in [0.2, 0.25) is 10.0 Å². The van der Waals surface area contributed by atoms with Crippen LogP contribution < -0.4 is 9.84 Å². The van der Waals surface area contributed by atoms with E-state index in [2.05, 4.69) is 0 Å². The summed E-state index contributed by atoms with van der Waals surface area (Å²) in [5.74, 6) is -0.814. The number of hydrogen-bond donors (Lipinski definition) is 0. The molecule has 0 aromatic heterocycles. The third-order valence-electron chi connectivity index (χ3n) is 3.14. The summed E-state index contributed by atoms with van der Waals surface area (Å²) in [7, 11) is -2.32. The van der Waals surface area contributed by atoms with Crippen LogP contribution in [0.2, 0.25) is 0 Å². The predicted octanol–water partition coefficient (Wildman–Crippen LogP) is -0.402. The Labute approximate surface area is 111 Å². The van der Waals surface area contributed by atoms with E-state index in [4.69, 9.17) is 4.74 Å². The highest BCUT2D eigenvalue weighted by atomic mass is 32.2. The summed E-state index contributed by atoms with van der Waals surface area (Å²) in [5.41, 5.74) is 0. The van der Waals surface area contributed by atoms with Gasteiger partial charge in [0.1, 0.15) is 5.75 Å². The van der Waals surface area contributed by atoms with Crippen molar-refractivity contribution in [1.82, 2.24) is 4.31 Å². The van der Waals surface area contributed by atoms with Crippen LogP contribution in [0.4, 0.5) is 0 Å². The third kappa shape index (κ3) is 2.57. The van der Waals surface area contributed by atoms with Gasteiger partial charge in [0.25, 0.3) is 0 Å². The quantitative estimate of drug-likeness (QED) is 0.750. The van der Waals surface area contributed by atoms with Gasteiger partial charge in [0.05, 0.1) is 24.0 Å². The number of hydrogen-bond acceptors (Lipinski definition) is 5. The number of benzene rings is 1. The Balaban J connectivity index is 2.33. The summed E-state index contributed by atoms with van der Waals surface area (Å²) in [6, 6.07) is 4.78. The van der Waals surface area contributed by atoms with Crippen LogP contribution in [0, 0.1) is 0 Å². The Morgan fingerprint density at radius 2 is 2.00 bits per heavy atom. The minimum absolute atomic E-state index is 0.0569. The van der Waals surface area contributed by atoms with E-state index in [1.54, 1.807) is 0 Å². The fraction of sp³-hybridized carbons (Fsp3) is 0.417. The molecule has 1 atom stereocenters. The van der Waals surface area contributed by atoms with Crippen LogP contribution in [-0.2, 0) is 14.8 Å². The third-order valence-corrected chi connectivity index (χ3v) is 5.06. The van der Waals surface area contributed by atoms with Crippen LogP contribution in [-0.4, -0.2) is 38.4 Å². The lowest BCUT2D eigenvalue weighted by Crippen LogP contribution is -2.46. The number of carbonyl (C=O) groups is 1. The largest absolute Gasteiger partial charge is 0.548 e. The molecule has 0 amide bonds. The zero-order valence-electron chi connectivity index (χ0n) is 10.4. The molecule has 0 radical (unpaired) electrons. The maximum absolute atomic E-state index is 12.3. The molecule has 19 heavy (non-hydrogen) atoms. The molecule has 1 aromatic carbocycles. The van der Waals surface area contributed by atoms with Crippen molar-refractivity contribution in [2.45, 2.75) is 23.8 Å². The maximum atomic E-state index is 12.3. The molecular formula is C12H14NO5S-. The monoisotopic (exact) mass is 284 g/mol. The number of methoxy groups -OCH3 is 1. The molecule has 1 aliphatic rings. The van der Waals surface area contributed by atoms with Gasteiger partial charge >= 0.3 is 0 Å². The summed E-state index contributed by atoms with van der Waals surface area (Å²) in [6.45, 7) is 0.201. The molecule has 1 heterocycles. The molecular weight excluding hydrogens is 270 g/mol. The number of sulfonamides is 1. The van der Waals surface area contributed by atoms with E-state index in [-0.39, 0.29) is 17.9 Å². The number of carbonyl (C=O) groups excluding carboxylic acids is 1. The van der Waals surface area contributed by atoms with E-state index in [1.807, 2.05) is 0 Å². The molecule has 2 rings (SSSR count). The van der Waals surface area contributed by atoms with Crippen molar-refractivity contribution >= 4 is 16.0 Å². The average Bonchev–Trinajstić information content (AvgIpc) is 2.89. The van der Waals surface area contributed by atoms with Crippen LogP contribution in [0.15, 0.2) is 29.2 Å². The second-order valence-corrected chi connectivity index (χ2v) is 6.16. The molecule has 0 N–H and O–H groups in total. The summed E-state index contributed by atoms with van der Waals surface area (Å²) in [6.07, 6.45) is 0.811. The predicted molar refractivity (Wildman–Crippen MR) is 64.9 cm³/mol. The molecule has 1 aliphatic heterocycles. The fourth-order valence-electron chi connectivity index (χ4n) is 2.15. The highest BCUT2D eigenvalue weighted by molar-refractivity contribution is 7.89. The molecule has 7 heteroatoms. The van der Waals surface area contributed by atoms with Gasteiger partial charge in [-0.25, -0.2) is 8.42 Å². The molecule has 104 valence electrons. The second-order valence-electron chi connectivity index (χ2n) is 4.27. The molecule has 6 nitrogen and oxygen atoms in total. The van der Waals surface area contributed by atoms with Crippen molar-refractivity contribution in [3.05, 3.63) is 24.3 Å². The van der Waals surface area contributed by atoms with E-state index in [0.717, 1.165) is 4.31 Å². The highest BCUT2D eigenvalue weighted by Crippen LogP contribution is 2.26. The normalized spacial score (nSPS) is 20.4. The van der Waals surface area contributed by atoms with Crippen molar-refractivity contribution in [3.63, 3.8) is 0 Å². The second kappa shape index (κ2) is 5.18. The lowest BCUT2D eigenvalue weighted by atomic mass is 10.2. The Kier molecular flexibility index (Phi) is 3.77. The summed E-state index contributed by atoms with van der Waals surface area (Å²) < 4.78 is 30.6. The Morgan fingerprint density at radius 3 is 2.53 bits per heavy atom. The van der Waals surface area contributed by atoms with Crippen LogP contribution >= 0.6 is 0 Å². The smallest absolute Gasteiger partial charge is 0.243 e. The van der Waals surface area contributed by atoms with Crippen molar-refractivity contribution in [1.29, 1.82) is 0 Å². The molecule has 0 unspecified atom stereocenters. The molecule has 1 saturated heterocycles. The number of rotatable bonds is 4. The van der Waals surface area contributed by atoms with Crippen molar-refractivity contribution < 1.29 is 23.1 Å². The van der Waals surface area contributed by atoms with Gasteiger partial charge in [-0.2, -0.15) is 4.31 Å². The van der Waals surface area contributed by atoms with Gasteiger partial charge < -0.3 is 14.6 Å². The van der Waals surface area contributed by atoms with Crippen LogP contribution in [0.25, 0.3) is 0 Å². The van der Waals surface area contributed by atoms with E-state index in [9.17, 15) is 18.3 Å². The lowest BCUT2D eigenvalue weighted by molar-refractivity contribution is -0.309. The van der Waals surface area contributed by atoms with Crippen molar-refractivity contribution in [2.75, 3.05) is 13.7 Å². The van der Waals surface area contributed by atoms with E-state index in [1.165, 1.54) is 31.4 Å². The lowest BCUT2D eigenvalue weighted by Gasteiger charge is -2.24. The first-order valence-corrected chi connectivity index (χ1v) is 7.27. The number of nitrogens with zero attached hydrogens (tertiary/aromatic N) is 1. The minimum Gasteiger partial charge on any atom is -0.548 e. The standard InChI is InChI=1S/C12H15NO5S/c1-18-9-4-6-10(7-5-9)19(16,17)13-8-2-3-11(13)12(14)15/h4-7,11H,2-3,8H2,1H3,(H,14,15)/p-1/t11-/m1/s1. The zero-order chi connectivity index (χ0) is 14.0. The first-order chi connectivity index (χ1) is 8.96. The van der Waals surface area contributed by atoms with Crippen LogP contribution in [0.1, 0.15) is 12.8 Å². The zero-order valence-corrected chi connectivity index (χ0v) is 11.2. The summed E-state index contributed by atoms with van der Waals surface area (Å²) >= 11 is 0. The molecule has 1 aromatic rings. The molecule has 1 fully saturated rings. The first kappa shape index (κ1) is 13.8. The average molecular weight is 284 g/mol. The van der Waals surface area contributed by atoms with Crippen molar-refractivity contribution in [2.24, 2.45) is 0 Å². The first-order valence-electron chi connectivity index (χ1n) is 5.83. The van der Waals surface area contributed by atoms with Gasteiger partial charge in [-0.05, 0) is 37.1 Å². The number of carboxylic acid groups (broad SMARTS) is 1. The van der Waals surface area contributed by atoms with Crippen molar-refractivity contribution in [3.8, 4) is 5.75 Å². The minimum atomic E-state index is -3.80. The number of aliphatic carboxylic acids is 1. The Hall–Kier alpha value is -1.60. The van der Waals surface area contributed by atoms with Gasteiger partial charge in [-0.1, -0.05) is 0 Å². The number of carboxylic acids is 1. The molecule has 0 bridgehead atoms.